The van der Waals surface area contributed by atoms with E-state index in [1.165, 1.54) is 18.7 Å². The Labute approximate surface area is 215 Å². The molecule has 1 saturated heterocycles. The molecule has 8 nitrogen and oxygen atoms in total. The highest BCUT2D eigenvalue weighted by molar-refractivity contribution is 7.99. The molecule has 194 valence electrons. The maximum absolute atomic E-state index is 12.8. The van der Waals surface area contributed by atoms with Crippen molar-refractivity contribution in [3.8, 4) is 0 Å². The Bertz CT molecular complexity index is 984. The third-order valence-electron chi connectivity index (χ3n) is 5.54. The summed E-state index contributed by atoms with van der Waals surface area (Å²) in [6, 6.07) is 18.0. The lowest BCUT2D eigenvalue weighted by Crippen LogP contribution is -2.60. The zero-order valence-corrected chi connectivity index (χ0v) is 21.2. The van der Waals surface area contributed by atoms with Crippen LogP contribution in [0.2, 0.25) is 0 Å². The van der Waals surface area contributed by atoms with Gasteiger partial charge in [0.05, 0.1) is 25.2 Å². The summed E-state index contributed by atoms with van der Waals surface area (Å²) in [6.07, 6.45) is -4.52. The predicted octanol–water partition coefficient (Wildman–Crippen LogP) is 3.55. The molecule has 1 N–H and O–H groups in total. The summed E-state index contributed by atoms with van der Waals surface area (Å²) >= 11 is 1.37. The monoisotopic (exact) mass is 516 g/mol. The number of aliphatic hydroxyl groups is 1. The molecular weight excluding hydrogens is 484 g/mol. The minimum absolute atomic E-state index is 0.0172. The van der Waals surface area contributed by atoms with Gasteiger partial charge in [-0.25, -0.2) is 4.79 Å². The van der Waals surface area contributed by atoms with Crippen molar-refractivity contribution in [2.45, 2.75) is 63.1 Å². The zero-order valence-electron chi connectivity index (χ0n) is 20.4. The smallest absolute Gasteiger partial charge is 0.338 e. The maximum atomic E-state index is 12.8. The first-order valence-electron chi connectivity index (χ1n) is 11.9. The van der Waals surface area contributed by atoms with E-state index in [2.05, 4.69) is 0 Å². The number of ether oxygens (including phenoxy) is 4. The van der Waals surface area contributed by atoms with E-state index in [0.717, 1.165) is 5.56 Å². The van der Waals surface area contributed by atoms with Crippen LogP contribution >= 0.6 is 11.8 Å². The lowest BCUT2D eigenvalue weighted by atomic mass is 9.99. The summed E-state index contributed by atoms with van der Waals surface area (Å²) < 4.78 is 23.2. The van der Waals surface area contributed by atoms with Crippen molar-refractivity contribution in [1.82, 2.24) is 0 Å². The Kier molecular flexibility index (Phi) is 10.9. The molecule has 0 radical (unpaired) electrons. The molecule has 36 heavy (non-hydrogen) atoms. The SMILES string of the molecule is CCS[C@@H]1O[C@H](COCc2ccccc2)[C@@H](O)[C@H](OC(=O)CCC(C)=O)[C@H]1OC(=O)c1ccccc1. The van der Waals surface area contributed by atoms with Gasteiger partial charge in [-0.2, -0.15) is 0 Å². The van der Waals surface area contributed by atoms with Crippen molar-refractivity contribution >= 4 is 29.5 Å². The van der Waals surface area contributed by atoms with Crippen LogP contribution in [0.25, 0.3) is 0 Å². The summed E-state index contributed by atoms with van der Waals surface area (Å²) in [5.41, 5.74) is 0.577. The normalized spacial score (nSPS) is 23.6. The van der Waals surface area contributed by atoms with Crippen molar-refractivity contribution in [2.75, 3.05) is 12.4 Å². The minimum Gasteiger partial charge on any atom is -0.455 e. The first-order valence-corrected chi connectivity index (χ1v) is 13.0. The standard InChI is InChI=1S/C27H32O8S/c1-3-36-27-25(35-26(31)20-12-8-5-9-13-20)24(34-22(29)15-14-18(2)28)23(30)21(33-27)17-32-16-19-10-6-4-7-11-19/h4-13,21,23-25,27,30H,3,14-17H2,1-2H3/t21-,23-,24+,25-,27+/m1/s1. The summed E-state index contributed by atoms with van der Waals surface area (Å²) in [5.74, 6) is -0.816. The molecule has 0 aliphatic carbocycles. The third kappa shape index (κ3) is 8.16. The maximum Gasteiger partial charge on any atom is 0.338 e. The second-order valence-corrected chi connectivity index (χ2v) is 9.76. The third-order valence-corrected chi connectivity index (χ3v) is 6.59. The number of esters is 2. The van der Waals surface area contributed by atoms with Gasteiger partial charge < -0.3 is 28.8 Å². The lowest BCUT2D eigenvalue weighted by molar-refractivity contribution is -0.224. The molecule has 0 aromatic heterocycles. The number of Topliss-reactive ketones (excluding diaryl/α,β-unsaturated/α-hetero) is 1. The van der Waals surface area contributed by atoms with Crippen LogP contribution in [0.5, 0.6) is 0 Å². The molecule has 0 saturated carbocycles. The number of carbonyl (C=O) groups excluding carboxylic acids is 3. The number of carbonyl (C=O) groups is 3. The molecule has 0 amide bonds. The largest absolute Gasteiger partial charge is 0.455 e. The highest BCUT2D eigenvalue weighted by Gasteiger charge is 2.49. The van der Waals surface area contributed by atoms with E-state index in [-0.39, 0.29) is 25.2 Å². The zero-order chi connectivity index (χ0) is 25.9. The fraction of sp³-hybridized carbons (Fsp3) is 0.444. The van der Waals surface area contributed by atoms with Gasteiger partial charge in [0.2, 0.25) is 0 Å². The number of aliphatic hydroxyl groups excluding tert-OH is 1. The lowest BCUT2D eigenvalue weighted by Gasteiger charge is -2.43. The first kappa shape index (κ1) is 27.9. The average molecular weight is 517 g/mol. The topological polar surface area (TPSA) is 108 Å². The van der Waals surface area contributed by atoms with Gasteiger partial charge >= 0.3 is 11.9 Å². The molecule has 2 aromatic carbocycles. The van der Waals surface area contributed by atoms with E-state index in [0.29, 0.717) is 17.9 Å². The van der Waals surface area contributed by atoms with Gasteiger partial charge in [-0.15, -0.1) is 11.8 Å². The van der Waals surface area contributed by atoms with Gasteiger partial charge in [0, 0.05) is 6.42 Å². The highest BCUT2D eigenvalue weighted by Crippen LogP contribution is 2.33. The molecule has 0 spiro atoms. The van der Waals surface area contributed by atoms with E-state index >= 15 is 0 Å². The Morgan fingerprint density at radius 3 is 2.25 bits per heavy atom. The van der Waals surface area contributed by atoms with E-state index in [9.17, 15) is 19.5 Å². The van der Waals surface area contributed by atoms with Crippen LogP contribution in [0, 0.1) is 0 Å². The van der Waals surface area contributed by atoms with E-state index in [1.54, 1.807) is 30.3 Å². The second-order valence-electron chi connectivity index (χ2n) is 8.38. The summed E-state index contributed by atoms with van der Waals surface area (Å²) in [4.78, 5) is 36.7. The quantitative estimate of drug-likeness (QED) is 0.424. The highest BCUT2D eigenvalue weighted by atomic mass is 32.2. The fourth-order valence-electron chi connectivity index (χ4n) is 3.71. The molecule has 1 heterocycles. The van der Waals surface area contributed by atoms with E-state index in [4.69, 9.17) is 18.9 Å². The Hall–Kier alpha value is -2.72. The summed E-state index contributed by atoms with van der Waals surface area (Å²) in [7, 11) is 0. The molecule has 9 heteroatoms. The van der Waals surface area contributed by atoms with Gasteiger partial charge in [-0.05, 0) is 30.4 Å². The van der Waals surface area contributed by atoms with Gasteiger partial charge in [0.1, 0.15) is 23.4 Å². The summed E-state index contributed by atoms with van der Waals surface area (Å²) in [5, 5.41) is 11.1. The van der Waals surface area contributed by atoms with Crippen LogP contribution in [0.4, 0.5) is 0 Å². The van der Waals surface area contributed by atoms with Crippen LogP contribution in [-0.2, 0) is 35.1 Å². The molecule has 2 aromatic rings. The molecular formula is C27H32O8S. The molecule has 5 atom stereocenters. The second kappa shape index (κ2) is 14.1. The molecule has 1 aliphatic heterocycles. The molecule has 0 unspecified atom stereocenters. The predicted molar refractivity (Wildman–Crippen MR) is 134 cm³/mol. The molecule has 1 fully saturated rings. The Morgan fingerprint density at radius 2 is 1.61 bits per heavy atom. The first-order chi connectivity index (χ1) is 17.4. The average Bonchev–Trinajstić information content (AvgIpc) is 2.88. The number of benzene rings is 2. The van der Waals surface area contributed by atoms with Gasteiger partial charge in [0.15, 0.2) is 12.2 Å². The van der Waals surface area contributed by atoms with E-state index < -0.39 is 41.8 Å². The number of hydrogen-bond donors (Lipinski definition) is 1. The van der Waals surface area contributed by atoms with Crippen molar-refractivity contribution in [3.05, 3.63) is 71.8 Å². The Balaban J connectivity index is 1.77. The number of ketones is 1. The van der Waals surface area contributed by atoms with Crippen molar-refractivity contribution in [1.29, 1.82) is 0 Å². The summed E-state index contributed by atoms with van der Waals surface area (Å²) in [6.45, 7) is 3.66. The van der Waals surface area contributed by atoms with Crippen LogP contribution in [0.1, 0.15) is 42.6 Å². The molecule has 1 aliphatic rings. The minimum atomic E-state index is -1.32. The van der Waals surface area contributed by atoms with Gasteiger partial charge in [-0.1, -0.05) is 55.5 Å². The van der Waals surface area contributed by atoms with Crippen molar-refractivity contribution in [2.24, 2.45) is 0 Å². The number of thioether (sulfide) groups is 1. The fourth-order valence-corrected chi connectivity index (χ4v) is 4.66. The number of hydrogen-bond acceptors (Lipinski definition) is 9. The Morgan fingerprint density at radius 1 is 0.944 bits per heavy atom. The van der Waals surface area contributed by atoms with Gasteiger partial charge in [0.25, 0.3) is 0 Å². The van der Waals surface area contributed by atoms with Crippen LogP contribution in [-0.4, -0.2) is 65.0 Å². The molecule has 3 rings (SSSR count). The van der Waals surface area contributed by atoms with E-state index in [1.807, 2.05) is 37.3 Å². The molecule has 0 bridgehead atoms. The van der Waals surface area contributed by atoms with Gasteiger partial charge in [-0.3, -0.25) is 4.79 Å². The number of rotatable bonds is 12. The van der Waals surface area contributed by atoms with Crippen molar-refractivity contribution < 1.29 is 38.4 Å². The van der Waals surface area contributed by atoms with Crippen molar-refractivity contribution in [3.63, 3.8) is 0 Å². The van der Waals surface area contributed by atoms with Crippen LogP contribution in [0.3, 0.4) is 0 Å². The van der Waals surface area contributed by atoms with Crippen LogP contribution < -0.4 is 0 Å². The van der Waals surface area contributed by atoms with Crippen LogP contribution in [0.15, 0.2) is 60.7 Å².